The second-order valence-corrected chi connectivity index (χ2v) is 6.42. The van der Waals surface area contributed by atoms with Crippen LogP contribution >= 0.6 is 0 Å². The minimum Gasteiger partial charge on any atom is -0.350 e. The molecule has 7 heteroatoms. The molecule has 0 unspecified atom stereocenters. The first-order chi connectivity index (χ1) is 12.9. The molecule has 4 rings (SSSR count). The molecule has 0 saturated carbocycles. The minimum atomic E-state index is -0.517. The molecule has 4 aromatic rings. The lowest BCUT2D eigenvalue weighted by Gasteiger charge is -2.12. The molecule has 0 aliphatic carbocycles. The third-order valence-corrected chi connectivity index (χ3v) is 4.61. The standard InChI is InChI=1S/C20H17FN4O2/c1-12-22-17-7-6-13(21)10-15(17)20(27)25(12)11-19(26)23-16-4-3-5-18-14(16)8-9-24(18)2/h3-10H,11H2,1-2H3,(H,23,26). The zero-order chi connectivity index (χ0) is 19.1. The number of amides is 1. The van der Waals surface area contributed by atoms with Crippen molar-refractivity contribution in [3.8, 4) is 0 Å². The monoisotopic (exact) mass is 364 g/mol. The van der Waals surface area contributed by atoms with Crippen LogP contribution in [0.1, 0.15) is 5.82 Å². The van der Waals surface area contributed by atoms with Crippen molar-refractivity contribution in [1.29, 1.82) is 0 Å². The lowest BCUT2D eigenvalue weighted by Crippen LogP contribution is -2.30. The van der Waals surface area contributed by atoms with Crippen LogP contribution in [0.25, 0.3) is 21.8 Å². The van der Waals surface area contributed by atoms with Gasteiger partial charge in [-0.3, -0.25) is 14.2 Å². The summed E-state index contributed by atoms with van der Waals surface area (Å²) in [6.45, 7) is 1.45. The Kier molecular flexibility index (Phi) is 3.99. The molecule has 136 valence electrons. The summed E-state index contributed by atoms with van der Waals surface area (Å²) in [4.78, 5) is 29.5. The van der Waals surface area contributed by atoms with Crippen molar-refractivity contribution in [2.45, 2.75) is 13.5 Å². The Morgan fingerprint density at radius 1 is 1.19 bits per heavy atom. The van der Waals surface area contributed by atoms with E-state index in [1.165, 1.54) is 16.7 Å². The van der Waals surface area contributed by atoms with E-state index in [-0.39, 0.29) is 17.8 Å². The van der Waals surface area contributed by atoms with Gasteiger partial charge in [0.05, 0.1) is 16.6 Å². The van der Waals surface area contributed by atoms with Gasteiger partial charge in [0, 0.05) is 24.1 Å². The molecule has 1 amide bonds. The number of fused-ring (bicyclic) bond motifs is 2. The normalized spacial score (nSPS) is 11.2. The number of carbonyl (C=O) groups excluding carboxylic acids is 1. The summed E-state index contributed by atoms with van der Waals surface area (Å²) in [7, 11) is 1.93. The fourth-order valence-electron chi connectivity index (χ4n) is 3.24. The van der Waals surface area contributed by atoms with E-state index in [2.05, 4.69) is 10.3 Å². The summed E-state index contributed by atoms with van der Waals surface area (Å²) in [5, 5.41) is 3.91. The maximum atomic E-state index is 13.5. The van der Waals surface area contributed by atoms with Gasteiger partial charge < -0.3 is 9.88 Å². The fourth-order valence-corrected chi connectivity index (χ4v) is 3.24. The molecule has 0 bridgehead atoms. The van der Waals surface area contributed by atoms with Crippen LogP contribution in [0, 0.1) is 12.7 Å². The molecule has 2 heterocycles. The molecule has 1 N–H and O–H groups in total. The van der Waals surface area contributed by atoms with Crippen molar-refractivity contribution in [2.24, 2.45) is 7.05 Å². The van der Waals surface area contributed by atoms with E-state index in [0.717, 1.165) is 17.0 Å². The highest BCUT2D eigenvalue weighted by molar-refractivity contribution is 6.01. The van der Waals surface area contributed by atoms with Gasteiger partial charge in [0.15, 0.2) is 0 Å². The maximum absolute atomic E-state index is 13.5. The summed E-state index contributed by atoms with van der Waals surface area (Å²) in [6.07, 6.45) is 1.91. The van der Waals surface area contributed by atoms with Crippen LogP contribution in [0.4, 0.5) is 10.1 Å². The Balaban J connectivity index is 1.67. The number of carbonyl (C=O) groups is 1. The number of benzene rings is 2. The van der Waals surface area contributed by atoms with Crippen molar-refractivity contribution >= 4 is 33.4 Å². The van der Waals surface area contributed by atoms with Crippen LogP contribution in [-0.2, 0) is 18.4 Å². The highest BCUT2D eigenvalue weighted by Crippen LogP contribution is 2.23. The molecule has 6 nitrogen and oxygen atoms in total. The van der Waals surface area contributed by atoms with Gasteiger partial charge >= 0.3 is 0 Å². The molecule has 0 radical (unpaired) electrons. The van der Waals surface area contributed by atoms with Gasteiger partial charge in [0.2, 0.25) is 5.91 Å². The molecule has 2 aromatic heterocycles. The number of hydrogen-bond acceptors (Lipinski definition) is 3. The van der Waals surface area contributed by atoms with Crippen LogP contribution in [0.2, 0.25) is 0 Å². The zero-order valence-corrected chi connectivity index (χ0v) is 14.9. The van der Waals surface area contributed by atoms with Gasteiger partial charge in [-0.25, -0.2) is 9.37 Å². The van der Waals surface area contributed by atoms with Crippen molar-refractivity contribution in [1.82, 2.24) is 14.1 Å². The first-order valence-electron chi connectivity index (χ1n) is 8.44. The molecule has 2 aromatic carbocycles. The first-order valence-corrected chi connectivity index (χ1v) is 8.44. The highest BCUT2D eigenvalue weighted by Gasteiger charge is 2.13. The summed E-state index contributed by atoms with van der Waals surface area (Å²) in [5.74, 6) is -0.474. The Morgan fingerprint density at radius 3 is 2.81 bits per heavy atom. The Labute approximate surface area is 153 Å². The number of anilines is 1. The Morgan fingerprint density at radius 2 is 2.00 bits per heavy atom. The number of aromatic nitrogens is 3. The van der Waals surface area contributed by atoms with E-state index in [1.54, 1.807) is 6.92 Å². The topological polar surface area (TPSA) is 68.9 Å². The number of nitrogens with zero attached hydrogens (tertiary/aromatic N) is 3. The summed E-state index contributed by atoms with van der Waals surface area (Å²) in [6, 6.07) is 11.4. The van der Waals surface area contributed by atoms with E-state index in [9.17, 15) is 14.0 Å². The van der Waals surface area contributed by atoms with Crippen molar-refractivity contribution < 1.29 is 9.18 Å². The largest absolute Gasteiger partial charge is 0.350 e. The highest BCUT2D eigenvalue weighted by atomic mass is 19.1. The lowest BCUT2D eigenvalue weighted by atomic mass is 10.2. The van der Waals surface area contributed by atoms with Gasteiger partial charge in [0.25, 0.3) is 5.56 Å². The van der Waals surface area contributed by atoms with Crippen LogP contribution in [0.5, 0.6) is 0 Å². The predicted molar refractivity (Wildman–Crippen MR) is 102 cm³/mol. The average molecular weight is 364 g/mol. The van der Waals surface area contributed by atoms with Gasteiger partial charge in [-0.2, -0.15) is 0 Å². The fraction of sp³-hybridized carbons (Fsp3) is 0.150. The van der Waals surface area contributed by atoms with Crippen LogP contribution in [0.3, 0.4) is 0 Å². The zero-order valence-electron chi connectivity index (χ0n) is 14.9. The molecule has 0 saturated heterocycles. The Hall–Kier alpha value is -3.48. The van der Waals surface area contributed by atoms with Gasteiger partial charge in [-0.05, 0) is 43.3 Å². The third kappa shape index (κ3) is 2.97. The molecule has 0 spiro atoms. The third-order valence-electron chi connectivity index (χ3n) is 4.61. The van der Waals surface area contributed by atoms with Gasteiger partial charge in [0.1, 0.15) is 18.2 Å². The molecule has 27 heavy (non-hydrogen) atoms. The number of halogens is 1. The van der Waals surface area contributed by atoms with E-state index in [1.807, 2.05) is 42.1 Å². The molecular weight excluding hydrogens is 347 g/mol. The van der Waals surface area contributed by atoms with Gasteiger partial charge in [-0.15, -0.1) is 0 Å². The number of rotatable bonds is 3. The maximum Gasteiger partial charge on any atom is 0.261 e. The summed E-state index contributed by atoms with van der Waals surface area (Å²) >= 11 is 0. The average Bonchev–Trinajstić information content (AvgIpc) is 3.02. The van der Waals surface area contributed by atoms with E-state index in [4.69, 9.17) is 0 Å². The second-order valence-electron chi connectivity index (χ2n) is 6.42. The van der Waals surface area contributed by atoms with Crippen LogP contribution in [-0.4, -0.2) is 20.0 Å². The number of aryl methyl sites for hydroxylation is 2. The quantitative estimate of drug-likeness (QED) is 0.608. The van der Waals surface area contributed by atoms with E-state index >= 15 is 0 Å². The van der Waals surface area contributed by atoms with Crippen LogP contribution < -0.4 is 10.9 Å². The predicted octanol–water partition coefficient (Wildman–Crippen LogP) is 2.97. The smallest absolute Gasteiger partial charge is 0.261 e. The van der Waals surface area contributed by atoms with Crippen LogP contribution in [0.15, 0.2) is 53.5 Å². The molecular formula is C20H17FN4O2. The Bertz CT molecular complexity index is 1260. The molecule has 0 aliphatic rings. The minimum absolute atomic E-state index is 0.151. The SMILES string of the molecule is Cc1nc2ccc(F)cc2c(=O)n1CC(=O)Nc1cccc2c1ccn2C. The van der Waals surface area contributed by atoms with Crippen molar-refractivity contribution in [3.05, 3.63) is 70.7 Å². The van der Waals surface area contributed by atoms with Gasteiger partial charge in [-0.1, -0.05) is 6.07 Å². The summed E-state index contributed by atoms with van der Waals surface area (Å²) in [5.41, 5.74) is 1.63. The second kappa shape index (κ2) is 6.35. The van der Waals surface area contributed by atoms with Crippen molar-refractivity contribution in [2.75, 3.05) is 5.32 Å². The van der Waals surface area contributed by atoms with E-state index < -0.39 is 11.4 Å². The molecule has 0 atom stereocenters. The number of nitrogens with one attached hydrogen (secondary N) is 1. The van der Waals surface area contributed by atoms with E-state index in [0.29, 0.717) is 17.0 Å². The lowest BCUT2D eigenvalue weighted by molar-refractivity contribution is -0.116. The number of hydrogen-bond donors (Lipinski definition) is 1. The first kappa shape index (κ1) is 17.0. The summed E-state index contributed by atoms with van der Waals surface area (Å²) < 4.78 is 16.7. The molecule has 0 aliphatic heterocycles. The van der Waals surface area contributed by atoms with Crippen molar-refractivity contribution in [3.63, 3.8) is 0 Å². The molecule has 0 fully saturated rings.